The van der Waals surface area contributed by atoms with E-state index in [1.54, 1.807) is 16.7 Å². The molecule has 0 aliphatic carbocycles. The number of hydrogen-bond donors (Lipinski definition) is 0. The summed E-state index contributed by atoms with van der Waals surface area (Å²) in [5, 5.41) is 0. The lowest BCUT2D eigenvalue weighted by Crippen LogP contribution is -2.58. The van der Waals surface area contributed by atoms with E-state index in [0.29, 0.717) is 0 Å². The van der Waals surface area contributed by atoms with Crippen LogP contribution in [-0.4, -0.2) is 46.0 Å². The summed E-state index contributed by atoms with van der Waals surface area (Å²) in [4.78, 5) is 21.8. The minimum Gasteiger partial charge on any atom is -0.353 e. The Kier molecular flexibility index (Phi) is 2.79. The quantitative estimate of drug-likeness (QED) is 0.793. The standard InChI is InChI=1S/C16H20N4O/c1-16-6-4-7-19(16)10-9-18(12-16)14-11-15(21)20-8-3-2-5-13(20)17-14/h2-3,5,8,11H,4,6-7,9-10,12H2,1H3/t16-/m0/s1. The van der Waals surface area contributed by atoms with Crippen LogP contribution in [-0.2, 0) is 0 Å². The van der Waals surface area contributed by atoms with Gasteiger partial charge in [0.15, 0.2) is 0 Å². The Morgan fingerprint density at radius 1 is 1.24 bits per heavy atom. The first kappa shape index (κ1) is 12.8. The molecule has 4 rings (SSSR count). The van der Waals surface area contributed by atoms with Gasteiger partial charge >= 0.3 is 0 Å². The zero-order chi connectivity index (χ0) is 14.4. The predicted molar refractivity (Wildman–Crippen MR) is 82.9 cm³/mol. The maximum atomic E-state index is 12.2. The maximum Gasteiger partial charge on any atom is 0.259 e. The fraction of sp³-hybridized carbons (Fsp3) is 0.500. The molecule has 1 atom stereocenters. The van der Waals surface area contributed by atoms with Crippen LogP contribution < -0.4 is 10.5 Å². The molecule has 0 amide bonds. The molecule has 2 aliphatic rings. The van der Waals surface area contributed by atoms with Crippen LogP contribution in [0.15, 0.2) is 35.3 Å². The van der Waals surface area contributed by atoms with Gasteiger partial charge in [-0.3, -0.25) is 14.1 Å². The smallest absolute Gasteiger partial charge is 0.259 e. The SMILES string of the molecule is C[C@@]12CCCN1CCN(c1cc(=O)n3ccccc3n1)C2. The van der Waals surface area contributed by atoms with E-state index in [1.165, 1.54) is 19.4 Å². The molecule has 2 saturated heterocycles. The summed E-state index contributed by atoms with van der Waals surface area (Å²) in [5.41, 5.74) is 0.954. The average Bonchev–Trinajstić information content (AvgIpc) is 2.87. The monoisotopic (exact) mass is 284 g/mol. The molecule has 0 saturated carbocycles. The van der Waals surface area contributed by atoms with Crippen LogP contribution in [0.5, 0.6) is 0 Å². The molecule has 2 aromatic rings. The van der Waals surface area contributed by atoms with E-state index in [2.05, 4.69) is 21.7 Å². The molecular weight excluding hydrogens is 264 g/mol. The molecule has 0 spiro atoms. The third-order valence-electron chi connectivity index (χ3n) is 4.96. The predicted octanol–water partition coefficient (Wildman–Crippen LogP) is 1.37. The van der Waals surface area contributed by atoms with Gasteiger partial charge in [-0.1, -0.05) is 6.07 Å². The van der Waals surface area contributed by atoms with E-state index in [4.69, 9.17) is 0 Å². The zero-order valence-electron chi connectivity index (χ0n) is 12.3. The number of hydrogen-bond acceptors (Lipinski definition) is 4. The topological polar surface area (TPSA) is 40.9 Å². The summed E-state index contributed by atoms with van der Waals surface area (Å²) in [6.07, 6.45) is 4.28. The van der Waals surface area contributed by atoms with Crippen LogP contribution >= 0.6 is 0 Å². The van der Waals surface area contributed by atoms with Crippen LogP contribution in [0.2, 0.25) is 0 Å². The fourth-order valence-corrected chi connectivity index (χ4v) is 3.77. The van der Waals surface area contributed by atoms with E-state index >= 15 is 0 Å². The first-order valence-corrected chi connectivity index (χ1v) is 7.64. The molecule has 0 bridgehead atoms. The summed E-state index contributed by atoms with van der Waals surface area (Å²) >= 11 is 0. The van der Waals surface area contributed by atoms with Gasteiger partial charge in [-0.25, -0.2) is 4.98 Å². The van der Waals surface area contributed by atoms with E-state index in [0.717, 1.165) is 31.1 Å². The summed E-state index contributed by atoms with van der Waals surface area (Å²) in [7, 11) is 0. The fourth-order valence-electron chi connectivity index (χ4n) is 3.77. The molecule has 2 aromatic heterocycles. The minimum atomic E-state index is -0.00500. The highest BCUT2D eigenvalue weighted by atomic mass is 16.1. The van der Waals surface area contributed by atoms with Gasteiger partial charge in [0, 0.05) is 37.4 Å². The molecule has 4 heterocycles. The lowest BCUT2D eigenvalue weighted by molar-refractivity contribution is 0.138. The average molecular weight is 284 g/mol. The van der Waals surface area contributed by atoms with Gasteiger partial charge in [0.2, 0.25) is 0 Å². The second-order valence-corrected chi connectivity index (χ2v) is 6.39. The molecule has 2 fully saturated rings. The molecule has 5 heteroatoms. The van der Waals surface area contributed by atoms with Crippen molar-refractivity contribution in [3.8, 4) is 0 Å². The van der Waals surface area contributed by atoms with E-state index in [1.807, 2.05) is 18.2 Å². The maximum absolute atomic E-state index is 12.2. The first-order valence-electron chi connectivity index (χ1n) is 7.64. The van der Waals surface area contributed by atoms with E-state index < -0.39 is 0 Å². The van der Waals surface area contributed by atoms with Gasteiger partial charge in [0.05, 0.1) is 0 Å². The number of piperazine rings is 1. The van der Waals surface area contributed by atoms with Crippen molar-refractivity contribution < 1.29 is 0 Å². The summed E-state index contributed by atoms with van der Waals surface area (Å²) in [6, 6.07) is 7.33. The lowest BCUT2D eigenvalue weighted by Gasteiger charge is -2.45. The largest absolute Gasteiger partial charge is 0.353 e. The van der Waals surface area contributed by atoms with Crippen molar-refractivity contribution in [1.82, 2.24) is 14.3 Å². The Labute approximate surface area is 123 Å². The zero-order valence-corrected chi connectivity index (χ0v) is 12.3. The van der Waals surface area contributed by atoms with Gasteiger partial charge in [-0.15, -0.1) is 0 Å². The van der Waals surface area contributed by atoms with Crippen molar-refractivity contribution >= 4 is 11.5 Å². The Balaban J connectivity index is 1.72. The molecule has 5 nitrogen and oxygen atoms in total. The van der Waals surface area contributed by atoms with Crippen LogP contribution in [0.4, 0.5) is 5.82 Å². The first-order chi connectivity index (χ1) is 10.2. The number of aromatic nitrogens is 2. The third-order valence-corrected chi connectivity index (χ3v) is 4.96. The Morgan fingerprint density at radius 2 is 2.14 bits per heavy atom. The van der Waals surface area contributed by atoms with E-state index in [9.17, 15) is 4.79 Å². The van der Waals surface area contributed by atoms with Crippen molar-refractivity contribution in [3.63, 3.8) is 0 Å². The number of anilines is 1. The number of rotatable bonds is 1. The lowest BCUT2D eigenvalue weighted by atomic mass is 9.96. The van der Waals surface area contributed by atoms with Gasteiger partial charge in [0.25, 0.3) is 5.56 Å². The second kappa shape index (κ2) is 4.56. The molecule has 0 aromatic carbocycles. The van der Waals surface area contributed by atoms with Crippen LogP contribution in [0.25, 0.3) is 5.65 Å². The Morgan fingerprint density at radius 3 is 3.05 bits per heavy atom. The highest BCUT2D eigenvalue weighted by molar-refractivity contribution is 5.48. The molecular formula is C16H20N4O. The molecule has 0 N–H and O–H groups in total. The van der Waals surface area contributed by atoms with Crippen molar-refractivity contribution in [2.24, 2.45) is 0 Å². The minimum absolute atomic E-state index is 0.00500. The molecule has 110 valence electrons. The van der Waals surface area contributed by atoms with Crippen LogP contribution in [0, 0.1) is 0 Å². The molecule has 21 heavy (non-hydrogen) atoms. The normalized spacial score (nSPS) is 26.2. The van der Waals surface area contributed by atoms with Crippen LogP contribution in [0.3, 0.4) is 0 Å². The number of fused-ring (bicyclic) bond motifs is 2. The Hall–Kier alpha value is -1.88. The molecule has 0 radical (unpaired) electrons. The van der Waals surface area contributed by atoms with Gasteiger partial charge < -0.3 is 4.90 Å². The van der Waals surface area contributed by atoms with Crippen LogP contribution in [0.1, 0.15) is 19.8 Å². The van der Waals surface area contributed by atoms with E-state index in [-0.39, 0.29) is 11.1 Å². The van der Waals surface area contributed by atoms with Crippen molar-refractivity contribution in [1.29, 1.82) is 0 Å². The highest BCUT2D eigenvalue weighted by Crippen LogP contribution is 2.33. The van der Waals surface area contributed by atoms with Gasteiger partial charge in [0.1, 0.15) is 11.5 Å². The second-order valence-electron chi connectivity index (χ2n) is 6.39. The molecule has 0 unspecified atom stereocenters. The third kappa shape index (κ3) is 2.03. The summed E-state index contributed by atoms with van der Waals surface area (Å²) in [5.74, 6) is 0.818. The molecule has 2 aliphatic heterocycles. The highest BCUT2D eigenvalue weighted by Gasteiger charge is 2.41. The summed E-state index contributed by atoms with van der Waals surface area (Å²) in [6.45, 7) is 6.51. The summed E-state index contributed by atoms with van der Waals surface area (Å²) < 4.78 is 1.59. The number of pyridine rings is 1. The van der Waals surface area contributed by atoms with Crippen molar-refractivity contribution in [3.05, 3.63) is 40.8 Å². The Bertz CT molecular complexity index is 740. The number of nitrogens with zero attached hydrogens (tertiary/aromatic N) is 4. The van der Waals surface area contributed by atoms with Crippen molar-refractivity contribution in [2.75, 3.05) is 31.1 Å². The van der Waals surface area contributed by atoms with Crippen molar-refractivity contribution in [2.45, 2.75) is 25.3 Å². The van der Waals surface area contributed by atoms with Gasteiger partial charge in [-0.2, -0.15) is 0 Å². The van der Waals surface area contributed by atoms with Gasteiger partial charge in [-0.05, 0) is 38.4 Å².